The van der Waals surface area contributed by atoms with Crippen LogP contribution < -0.4 is 15.2 Å². The molecule has 0 radical (unpaired) electrons. The fraction of sp³-hybridized carbons (Fsp3) is 0.333. The molecule has 106 valence electrons. The molecular formula is C12H18N2O3S2. The number of nitrogens with one attached hydrogen (secondary N) is 1. The summed E-state index contributed by atoms with van der Waals surface area (Å²) in [4.78, 5) is 0.138. The molecule has 5 nitrogen and oxygen atoms in total. The van der Waals surface area contributed by atoms with Crippen LogP contribution >= 0.6 is 11.8 Å². The van der Waals surface area contributed by atoms with Crippen LogP contribution in [0, 0.1) is 0 Å². The molecule has 0 aliphatic rings. The second kappa shape index (κ2) is 7.42. The van der Waals surface area contributed by atoms with Gasteiger partial charge in [0.05, 0.1) is 17.7 Å². The van der Waals surface area contributed by atoms with Crippen molar-refractivity contribution in [3.63, 3.8) is 0 Å². The number of ether oxygens (including phenoxy) is 1. The fourth-order valence-electron chi connectivity index (χ4n) is 1.38. The van der Waals surface area contributed by atoms with Gasteiger partial charge in [0.15, 0.2) is 0 Å². The summed E-state index contributed by atoms with van der Waals surface area (Å²) >= 11 is 1.61. The summed E-state index contributed by atoms with van der Waals surface area (Å²) in [6.07, 6.45) is 1.78. The van der Waals surface area contributed by atoms with Crippen LogP contribution in [0.25, 0.3) is 0 Å². The Balaban J connectivity index is 2.66. The van der Waals surface area contributed by atoms with Crippen LogP contribution in [-0.4, -0.2) is 33.6 Å². The van der Waals surface area contributed by atoms with E-state index in [1.807, 2.05) is 0 Å². The van der Waals surface area contributed by atoms with Gasteiger partial charge in [-0.3, -0.25) is 0 Å². The van der Waals surface area contributed by atoms with Crippen LogP contribution in [0.4, 0.5) is 5.69 Å². The molecule has 0 aliphatic carbocycles. The van der Waals surface area contributed by atoms with E-state index in [1.165, 1.54) is 25.3 Å². The van der Waals surface area contributed by atoms with Crippen LogP contribution in [0.2, 0.25) is 0 Å². The summed E-state index contributed by atoms with van der Waals surface area (Å²) in [5.41, 5.74) is 5.99. The third-order valence-corrected chi connectivity index (χ3v) is 4.71. The maximum Gasteiger partial charge on any atom is 0.240 e. The lowest BCUT2D eigenvalue weighted by atomic mass is 10.3. The van der Waals surface area contributed by atoms with E-state index >= 15 is 0 Å². The number of rotatable bonds is 8. The fourth-order valence-corrected chi connectivity index (χ4v) is 3.15. The molecule has 0 aromatic heterocycles. The molecule has 0 aliphatic heterocycles. The molecule has 0 saturated heterocycles. The zero-order chi connectivity index (χ0) is 14.3. The first-order valence-corrected chi connectivity index (χ1v) is 8.27. The second-order valence-electron chi connectivity index (χ2n) is 3.67. The van der Waals surface area contributed by atoms with E-state index in [9.17, 15) is 8.42 Å². The standard InChI is InChI=1S/C12H18N2O3S2/c1-3-7-18-8-6-14-19(15,16)10-4-5-12(17-2)11(13)9-10/h3-5,9,14H,1,6-8,13H2,2H3. The summed E-state index contributed by atoms with van der Waals surface area (Å²) in [6, 6.07) is 4.39. The Morgan fingerprint density at radius 2 is 2.26 bits per heavy atom. The molecule has 0 atom stereocenters. The van der Waals surface area contributed by atoms with Crippen LogP contribution in [0.3, 0.4) is 0 Å². The van der Waals surface area contributed by atoms with Crippen molar-refractivity contribution >= 4 is 27.5 Å². The lowest BCUT2D eigenvalue weighted by Crippen LogP contribution is -2.26. The van der Waals surface area contributed by atoms with Gasteiger partial charge in [-0.15, -0.1) is 6.58 Å². The van der Waals surface area contributed by atoms with Crippen molar-refractivity contribution in [2.75, 3.05) is 30.9 Å². The summed E-state index contributed by atoms with van der Waals surface area (Å²) in [7, 11) is -2.04. The van der Waals surface area contributed by atoms with Crippen molar-refractivity contribution in [1.29, 1.82) is 0 Å². The second-order valence-corrected chi connectivity index (χ2v) is 6.58. The zero-order valence-electron chi connectivity index (χ0n) is 10.8. The number of sulfonamides is 1. The minimum Gasteiger partial charge on any atom is -0.495 e. The highest BCUT2D eigenvalue weighted by molar-refractivity contribution is 7.99. The average Bonchev–Trinajstić information content (AvgIpc) is 2.38. The Hall–Kier alpha value is -1.18. The maximum absolute atomic E-state index is 12.0. The Morgan fingerprint density at radius 3 is 2.84 bits per heavy atom. The molecule has 3 N–H and O–H groups in total. The van der Waals surface area contributed by atoms with Crippen molar-refractivity contribution in [2.45, 2.75) is 4.90 Å². The van der Waals surface area contributed by atoms with E-state index in [1.54, 1.807) is 17.8 Å². The molecule has 19 heavy (non-hydrogen) atoms. The Labute approximate surface area is 118 Å². The number of benzene rings is 1. The highest BCUT2D eigenvalue weighted by Crippen LogP contribution is 2.24. The number of nitrogen functional groups attached to an aromatic ring is 1. The monoisotopic (exact) mass is 302 g/mol. The molecule has 1 aromatic rings. The third kappa shape index (κ3) is 4.77. The van der Waals surface area contributed by atoms with Gasteiger partial charge in [0.25, 0.3) is 0 Å². The van der Waals surface area contributed by atoms with E-state index in [4.69, 9.17) is 10.5 Å². The Bertz CT molecular complexity index is 530. The molecule has 0 unspecified atom stereocenters. The highest BCUT2D eigenvalue weighted by Gasteiger charge is 2.14. The van der Waals surface area contributed by atoms with E-state index in [0.717, 1.165) is 5.75 Å². The topological polar surface area (TPSA) is 81.4 Å². The van der Waals surface area contributed by atoms with Crippen molar-refractivity contribution in [2.24, 2.45) is 0 Å². The van der Waals surface area contributed by atoms with Gasteiger partial charge in [-0.05, 0) is 18.2 Å². The number of methoxy groups -OCH3 is 1. The largest absolute Gasteiger partial charge is 0.495 e. The summed E-state index contributed by atoms with van der Waals surface area (Å²) < 4.78 is 31.5. The van der Waals surface area contributed by atoms with Gasteiger partial charge in [0, 0.05) is 18.1 Å². The number of hydrogen-bond acceptors (Lipinski definition) is 5. The Morgan fingerprint density at radius 1 is 1.53 bits per heavy atom. The molecule has 7 heteroatoms. The first-order valence-electron chi connectivity index (χ1n) is 5.63. The molecule has 1 rings (SSSR count). The van der Waals surface area contributed by atoms with Crippen molar-refractivity contribution in [3.05, 3.63) is 30.9 Å². The number of thioether (sulfide) groups is 1. The molecule has 0 saturated carbocycles. The van der Waals surface area contributed by atoms with Crippen LogP contribution in [0.1, 0.15) is 0 Å². The van der Waals surface area contributed by atoms with E-state index in [0.29, 0.717) is 23.7 Å². The summed E-state index contributed by atoms with van der Waals surface area (Å²) in [6.45, 7) is 3.96. The first-order chi connectivity index (χ1) is 9.01. The number of nitrogens with two attached hydrogens (primary N) is 1. The highest BCUT2D eigenvalue weighted by atomic mass is 32.2. The van der Waals surface area contributed by atoms with E-state index in [2.05, 4.69) is 11.3 Å². The van der Waals surface area contributed by atoms with Gasteiger partial charge in [-0.2, -0.15) is 11.8 Å². The SMILES string of the molecule is C=CCSCCNS(=O)(=O)c1ccc(OC)c(N)c1. The van der Waals surface area contributed by atoms with Crippen LogP contribution in [-0.2, 0) is 10.0 Å². The normalized spacial score (nSPS) is 11.2. The zero-order valence-corrected chi connectivity index (χ0v) is 12.4. The molecule has 0 amide bonds. The van der Waals surface area contributed by atoms with Crippen molar-refractivity contribution in [3.8, 4) is 5.75 Å². The first kappa shape index (κ1) is 15.9. The summed E-state index contributed by atoms with van der Waals surface area (Å²) in [5, 5.41) is 0. The van der Waals surface area contributed by atoms with Gasteiger partial charge in [-0.25, -0.2) is 13.1 Å². The predicted molar refractivity (Wildman–Crippen MR) is 80.1 cm³/mol. The van der Waals surface area contributed by atoms with Crippen LogP contribution in [0.15, 0.2) is 35.7 Å². The van der Waals surface area contributed by atoms with Crippen molar-refractivity contribution in [1.82, 2.24) is 4.72 Å². The molecule has 0 spiro atoms. The molecule has 0 heterocycles. The lowest BCUT2D eigenvalue weighted by molar-refractivity contribution is 0.416. The van der Waals surface area contributed by atoms with Gasteiger partial charge in [-0.1, -0.05) is 6.08 Å². The molecular weight excluding hydrogens is 284 g/mol. The average molecular weight is 302 g/mol. The van der Waals surface area contributed by atoms with Crippen LogP contribution in [0.5, 0.6) is 5.75 Å². The van der Waals surface area contributed by atoms with Gasteiger partial charge < -0.3 is 10.5 Å². The molecule has 0 bridgehead atoms. The number of hydrogen-bond donors (Lipinski definition) is 2. The maximum atomic E-state index is 12.0. The van der Waals surface area contributed by atoms with Crippen molar-refractivity contribution < 1.29 is 13.2 Å². The van der Waals surface area contributed by atoms with Gasteiger partial charge in [0.1, 0.15) is 5.75 Å². The minimum absolute atomic E-state index is 0.138. The third-order valence-electron chi connectivity index (χ3n) is 2.29. The quantitative estimate of drug-likeness (QED) is 0.432. The smallest absolute Gasteiger partial charge is 0.240 e. The summed E-state index contributed by atoms with van der Waals surface area (Å²) in [5.74, 6) is 1.95. The Kier molecular flexibility index (Phi) is 6.20. The number of anilines is 1. The lowest BCUT2D eigenvalue weighted by Gasteiger charge is -2.09. The predicted octanol–water partition coefficient (Wildman–Crippen LogP) is 1.47. The van der Waals surface area contributed by atoms with E-state index in [-0.39, 0.29) is 4.90 Å². The molecule has 0 fully saturated rings. The minimum atomic E-state index is -3.52. The molecule has 1 aromatic carbocycles. The van der Waals surface area contributed by atoms with E-state index < -0.39 is 10.0 Å². The van der Waals surface area contributed by atoms with Gasteiger partial charge in [0.2, 0.25) is 10.0 Å². The van der Waals surface area contributed by atoms with Gasteiger partial charge >= 0.3 is 0 Å².